The summed E-state index contributed by atoms with van der Waals surface area (Å²) in [6, 6.07) is 13.5. The number of nitrogens with zero attached hydrogens (tertiary/aromatic N) is 1. The van der Waals surface area contributed by atoms with Gasteiger partial charge in [-0.2, -0.15) is 0 Å². The smallest absolute Gasteiger partial charge is 0.339 e. The number of ether oxygens (including phenoxy) is 1. The van der Waals surface area contributed by atoms with Crippen LogP contribution in [0.2, 0.25) is 0 Å². The van der Waals surface area contributed by atoms with Gasteiger partial charge in [0.2, 0.25) is 0 Å². The van der Waals surface area contributed by atoms with Crippen molar-refractivity contribution in [3.63, 3.8) is 0 Å². The Morgan fingerprint density at radius 2 is 1.89 bits per heavy atom. The van der Waals surface area contributed by atoms with Gasteiger partial charge in [0.05, 0.1) is 10.5 Å². The fourth-order valence-electron chi connectivity index (χ4n) is 2.43. The van der Waals surface area contributed by atoms with Crippen molar-refractivity contribution in [3.05, 3.63) is 69.8 Å². The summed E-state index contributed by atoms with van der Waals surface area (Å²) < 4.78 is 5.11. The highest BCUT2D eigenvalue weighted by molar-refractivity contribution is 5.93. The summed E-state index contributed by atoms with van der Waals surface area (Å²) in [6.45, 7) is 4.24. The zero-order valence-corrected chi connectivity index (χ0v) is 15.8. The lowest BCUT2D eigenvalue weighted by Gasteiger charge is -2.13. The van der Waals surface area contributed by atoms with E-state index in [1.165, 1.54) is 19.1 Å². The first-order valence-corrected chi connectivity index (χ1v) is 8.97. The van der Waals surface area contributed by atoms with Crippen LogP contribution in [0.15, 0.2) is 48.5 Å². The van der Waals surface area contributed by atoms with E-state index in [0.717, 1.165) is 18.1 Å². The van der Waals surface area contributed by atoms with Gasteiger partial charge in [0, 0.05) is 19.2 Å². The van der Waals surface area contributed by atoms with Crippen LogP contribution in [-0.2, 0) is 16.1 Å². The quantitative estimate of drug-likeness (QED) is 0.389. The van der Waals surface area contributed by atoms with Crippen LogP contribution >= 0.6 is 0 Å². The zero-order valence-electron chi connectivity index (χ0n) is 15.8. The van der Waals surface area contributed by atoms with Gasteiger partial charge in [-0.05, 0) is 31.0 Å². The lowest BCUT2D eigenvalue weighted by molar-refractivity contribution is -0.384. The van der Waals surface area contributed by atoms with E-state index >= 15 is 0 Å². The van der Waals surface area contributed by atoms with Gasteiger partial charge < -0.3 is 15.4 Å². The Balaban J connectivity index is 2.09. The number of anilines is 1. The predicted octanol–water partition coefficient (Wildman–Crippen LogP) is 3.28. The summed E-state index contributed by atoms with van der Waals surface area (Å²) in [5, 5.41) is 17.0. The molecule has 0 aliphatic heterocycles. The van der Waals surface area contributed by atoms with Gasteiger partial charge >= 0.3 is 5.97 Å². The summed E-state index contributed by atoms with van der Waals surface area (Å²) >= 11 is 0. The monoisotopic (exact) mass is 385 g/mol. The molecule has 0 saturated heterocycles. The maximum Gasteiger partial charge on any atom is 0.339 e. The molecule has 28 heavy (non-hydrogen) atoms. The van der Waals surface area contributed by atoms with Crippen molar-refractivity contribution in [1.29, 1.82) is 0 Å². The summed E-state index contributed by atoms with van der Waals surface area (Å²) in [7, 11) is 0. The van der Waals surface area contributed by atoms with Crippen molar-refractivity contribution < 1.29 is 19.2 Å². The van der Waals surface area contributed by atoms with Crippen molar-refractivity contribution in [1.82, 2.24) is 5.32 Å². The van der Waals surface area contributed by atoms with Gasteiger partial charge in [0.1, 0.15) is 5.69 Å². The summed E-state index contributed by atoms with van der Waals surface area (Å²) in [4.78, 5) is 34.9. The van der Waals surface area contributed by atoms with Gasteiger partial charge in [0.25, 0.3) is 11.6 Å². The Hall–Kier alpha value is -3.42. The van der Waals surface area contributed by atoms with E-state index in [4.69, 9.17) is 4.74 Å². The van der Waals surface area contributed by atoms with E-state index in [2.05, 4.69) is 10.6 Å². The number of amides is 1. The van der Waals surface area contributed by atoms with Crippen LogP contribution in [0.1, 0.15) is 36.2 Å². The summed E-state index contributed by atoms with van der Waals surface area (Å²) in [6.07, 6.45) is -0.232. The Bertz CT molecular complexity index is 839. The Morgan fingerprint density at radius 3 is 2.54 bits per heavy atom. The minimum Gasteiger partial charge on any atom is -0.449 e. The third-order valence-corrected chi connectivity index (χ3v) is 3.96. The molecule has 0 aliphatic carbocycles. The van der Waals surface area contributed by atoms with E-state index < -0.39 is 22.9 Å². The van der Waals surface area contributed by atoms with Crippen LogP contribution < -0.4 is 10.6 Å². The van der Waals surface area contributed by atoms with E-state index in [9.17, 15) is 19.7 Å². The van der Waals surface area contributed by atoms with Crippen molar-refractivity contribution >= 4 is 23.3 Å². The van der Waals surface area contributed by atoms with E-state index in [1.807, 2.05) is 37.3 Å². The molecule has 2 aromatic rings. The van der Waals surface area contributed by atoms with Gasteiger partial charge in [-0.15, -0.1) is 0 Å². The number of carbonyl (C=O) groups is 2. The number of rotatable bonds is 9. The molecule has 0 spiro atoms. The van der Waals surface area contributed by atoms with E-state index in [-0.39, 0.29) is 11.3 Å². The minimum atomic E-state index is -0.992. The Kier molecular flexibility index (Phi) is 7.50. The maximum atomic E-state index is 12.3. The Labute approximate surface area is 163 Å². The molecule has 2 aromatic carbocycles. The van der Waals surface area contributed by atoms with Crippen LogP contribution in [0.4, 0.5) is 11.4 Å². The highest BCUT2D eigenvalue weighted by Gasteiger charge is 2.22. The van der Waals surface area contributed by atoms with Crippen LogP contribution in [0.5, 0.6) is 0 Å². The molecule has 0 radical (unpaired) electrons. The molecular formula is C20H23N3O5. The molecule has 0 bridgehead atoms. The van der Waals surface area contributed by atoms with Gasteiger partial charge in [-0.1, -0.05) is 37.3 Å². The second-order valence-corrected chi connectivity index (χ2v) is 6.17. The summed E-state index contributed by atoms with van der Waals surface area (Å²) in [5.41, 5.74) is 1.02. The molecule has 8 nitrogen and oxygen atoms in total. The number of nitro groups is 1. The summed E-state index contributed by atoms with van der Waals surface area (Å²) in [5.74, 6) is -1.21. The molecule has 0 saturated carbocycles. The number of nitrogens with one attached hydrogen (secondary N) is 2. The number of hydrogen-bond acceptors (Lipinski definition) is 6. The fraction of sp³-hybridized carbons (Fsp3) is 0.300. The van der Waals surface area contributed by atoms with Crippen molar-refractivity contribution in [2.24, 2.45) is 0 Å². The SMILES string of the molecule is CCCNC(=O)[C@H](C)OC(=O)c1ccc(NCc2ccccc2)c([N+](=O)[O-])c1. The molecule has 0 fully saturated rings. The number of nitro benzene ring substituents is 1. The number of carbonyl (C=O) groups excluding carboxylic acids is 2. The van der Waals surface area contributed by atoms with Gasteiger partial charge in [-0.3, -0.25) is 14.9 Å². The standard InChI is InChI=1S/C20H23N3O5/c1-3-11-21-19(24)14(2)28-20(25)16-9-10-17(18(12-16)23(26)27)22-13-15-7-5-4-6-8-15/h4-10,12,14,22H,3,11,13H2,1-2H3,(H,21,24)/t14-/m0/s1. The molecule has 1 atom stereocenters. The second-order valence-electron chi connectivity index (χ2n) is 6.17. The van der Waals surface area contributed by atoms with Crippen LogP contribution in [0.25, 0.3) is 0 Å². The minimum absolute atomic E-state index is 0.00658. The first kappa shape index (κ1) is 20.9. The number of benzene rings is 2. The van der Waals surface area contributed by atoms with Crippen molar-refractivity contribution in [3.8, 4) is 0 Å². The third kappa shape index (κ3) is 5.80. The molecule has 2 rings (SSSR count). The molecule has 0 heterocycles. The molecule has 0 aromatic heterocycles. The van der Waals surface area contributed by atoms with E-state index in [1.54, 1.807) is 0 Å². The molecule has 1 amide bonds. The predicted molar refractivity (Wildman–Crippen MR) is 105 cm³/mol. The van der Waals surface area contributed by atoms with Crippen molar-refractivity contribution in [2.75, 3.05) is 11.9 Å². The Morgan fingerprint density at radius 1 is 1.18 bits per heavy atom. The normalized spacial score (nSPS) is 11.4. The largest absolute Gasteiger partial charge is 0.449 e. The fourth-order valence-corrected chi connectivity index (χ4v) is 2.43. The zero-order chi connectivity index (χ0) is 20.5. The number of esters is 1. The van der Waals surface area contributed by atoms with E-state index in [0.29, 0.717) is 18.8 Å². The average Bonchev–Trinajstić information content (AvgIpc) is 2.70. The molecule has 8 heteroatoms. The molecule has 148 valence electrons. The lowest BCUT2D eigenvalue weighted by Crippen LogP contribution is -2.36. The first-order valence-electron chi connectivity index (χ1n) is 8.97. The first-order chi connectivity index (χ1) is 13.4. The molecule has 0 unspecified atom stereocenters. The molecular weight excluding hydrogens is 362 g/mol. The van der Waals surface area contributed by atoms with Gasteiger partial charge in [0.15, 0.2) is 6.10 Å². The highest BCUT2D eigenvalue weighted by Crippen LogP contribution is 2.26. The van der Waals surface area contributed by atoms with Gasteiger partial charge in [-0.25, -0.2) is 4.79 Å². The molecule has 0 aliphatic rings. The number of hydrogen-bond donors (Lipinski definition) is 2. The van der Waals surface area contributed by atoms with Crippen molar-refractivity contribution in [2.45, 2.75) is 32.9 Å². The average molecular weight is 385 g/mol. The second kappa shape index (κ2) is 10.1. The van der Waals surface area contributed by atoms with Crippen LogP contribution in [0.3, 0.4) is 0 Å². The van der Waals surface area contributed by atoms with Crippen LogP contribution in [-0.4, -0.2) is 29.4 Å². The highest BCUT2D eigenvalue weighted by atomic mass is 16.6. The third-order valence-electron chi connectivity index (χ3n) is 3.96. The topological polar surface area (TPSA) is 111 Å². The molecule has 2 N–H and O–H groups in total. The van der Waals surface area contributed by atoms with Crippen LogP contribution in [0, 0.1) is 10.1 Å². The lowest BCUT2D eigenvalue weighted by atomic mass is 10.1. The maximum absolute atomic E-state index is 12.3.